The highest BCUT2D eigenvalue weighted by molar-refractivity contribution is 9.10. The van der Waals surface area contributed by atoms with Gasteiger partial charge in [-0.25, -0.2) is 41.5 Å². The third-order valence-electron chi connectivity index (χ3n) is 28.2. The zero-order valence-corrected chi connectivity index (χ0v) is 89.1. The van der Waals surface area contributed by atoms with Crippen LogP contribution in [0.25, 0.3) is 22.3 Å². The van der Waals surface area contributed by atoms with Gasteiger partial charge in [0.05, 0.1) is 47.0 Å². The smallest absolute Gasteiger partial charge is 0.411 e. The molecule has 22 nitrogen and oxygen atoms in total. The molecule has 30 heteroatoms. The number of aliphatic hydroxyl groups is 4. The molecule has 12 aromatic carbocycles. The van der Waals surface area contributed by atoms with Crippen molar-refractivity contribution in [3.8, 4) is 28.0 Å². The first-order chi connectivity index (χ1) is 71.2. The Hall–Kier alpha value is -13.4. The van der Waals surface area contributed by atoms with E-state index in [1.807, 2.05) is 216 Å². The molecule has 0 aromatic heterocycles. The molecule has 0 radical (unpaired) electrons. The van der Waals surface area contributed by atoms with Gasteiger partial charge < -0.3 is 79.1 Å². The molecule has 150 heavy (non-hydrogen) atoms. The quantitative estimate of drug-likeness (QED) is 0.0207. The minimum Gasteiger partial charge on any atom is -0.438 e. The van der Waals surface area contributed by atoms with Crippen LogP contribution in [-0.2, 0) is 56.5 Å². The summed E-state index contributed by atoms with van der Waals surface area (Å²) >= 11 is 6.86. The van der Waals surface area contributed by atoms with Crippen LogP contribution >= 0.6 is 31.9 Å². The number of aliphatic hydroxyl groups excluding tert-OH is 1. The van der Waals surface area contributed by atoms with Crippen LogP contribution < -0.4 is 10.5 Å². The van der Waals surface area contributed by atoms with Gasteiger partial charge in [0.15, 0.2) is 0 Å². The fourth-order valence-corrected chi connectivity index (χ4v) is 20.8. The Morgan fingerprint density at radius 3 is 0.793 bits per heavy atom. The monoisotopic (exact) mass is 2180 g/mol. The first-order valence-electron chi connectivity index (χ1n) is 50.2. The van der Waals surface area contributed by atoms with Crippen LogP contribution in [0.15, 0.2) is 318 Å². The lowest BCUT2D eigenvalue weighted by Crippen LogP contribution is -2.51. The number of carbonyl (C=O) groups is 6. The number of hydrogen-bond donors (Lipinski definition) is 5. The third kappa shape index (κ3) is 29.5. The van der Waals surface area contributed by atoms with Crippen molar-refractivity contribution in [3.05, 3.63) is 397 Å². The normalized spacial score (nSPS) is 20.4. The molecule has 5 aliphatic heterocycles. The van der Waals surface area contributed by atoms with Crippen molar-refractivity contribution < 1.29 is 104 Å². The van der Waals surface area contributed by atoms with Crippen LogP contribution in [0.2, 0.25) is 0 Å². The van der Waals surface area contributed by atoms with E-state index in [-0.39, 0.29) is 91.5 Å². The second-order valence-corrected chi connectivity index (χ2v) is 42.6. The minimum absolute atomic E-state index is 0.0374. The van der Waals surface area contributed by atoms with Crippen LogP contribution in [-0.4, -0.2) is 144 Å². The highest BCUT2D eigenvalue weighted by atomic mass is 79.9. The predicted octanol–water partition coefficient (Wildman–Crippen LogP) is 27.6. The molecular formula is C120H130Br2F6N6O16. The van der Waals surface area contributed by atoms with Gasteiger partial charge in [0.2, 0.25) is 5.91 Å². The highest BCUT2D eigenvalue weighted by Crippen LogP contribution is 2.49. The molecule has 10 atom stereocenters. The lowest BCUT2D eigenvalue weighted by Gasteiger charge is -2.45. The van der Waals surface area contributed by atoms with Gasteiger partial charge in [-0.15, -0.1) is 0 Å². The fourth-order valence-electron chi connectivity index (χ4n) is 20.3. The van der Waals surface area contributed by atoms with Gasteiger partial charge in [-0.3, -0.25) is 4.79 Å². The highest BCUT2D eigenvalue weighted by Gasteiger charge is 2.52. The summed E-state index contributed by atoms with van der Waals surface area (Å²) < 4.78 is 114. The molecule has 17 rings (SSSR count). The van der Waals surface area contributed by atoms with E-state index in [1.165, 1.54) is 65.6 Å². The first kappa shape index (κ1) is 114. The van der Waals surface area contributed by atoms with Gasteiger partial charge in [0.1, 0.15) is 57.0 Å². The molecule has 12 aromatic rings. The minimum atomic E-state index is -2.90. The van der Waals surface area contributed by atoms with E-state index in [9.17, 15) is 75.5 Å². The molecule has 0 saturated carbocycles. The zero-order valence-electron chi connectivity index (χ0n) is 86.0. The summed E-state index contributed by atoms with van der Waals surface area (Å²) in [4.78, 5) is 84.9. The third-order valence-corrected chi connectivity index (χ3v) is 29.3. The average molecular weight is 2190 g/mol. The van der Waals surface area contributed by atoms with Gasteiger partial charge in [0.25, 0.3) is 0 Å². The van der Waals surface area contributed by atoms with E-state index >= 15 is 0 Å². The van der Waals surface area contributed by atoms with Gasteiger partial charge in [-0.05, 0) is 239 Å². The summed E-state index contributed by atoms with van der Waals surface area (Å²) in [5, 5.41) is 40.9. The first-order valence-corrected chi connectivity index (χ1v) is 51.8. The predicted molar refractivity (Wildman–Crippen MR) is 570 cm³/mol. The van der Waals surface area contributed by atoms with E-state index in [4.69, 9.17) is 29.4 Å². The van der Waals surface area contributed by atoms with Gasteiger partial charge in [-0.2, -0.15) is 8.78 Å². The Morgan fingerprint density at radius 2 is 0.547 bits per heavy atom. The Morgan fingerprint density at radius 1 is 0.333 bits per heavy atom. The van der Waals surface area contributed by atoms with Crippen molar-refractivity contribution in [2.45, 2.75) is 228 Å². The van der Waals surface area contributed by atoms with Crippen LogP contribution in [0.4, 0.5) is 50.3 Å². The van der Waals surface area contributed by atoms with Crippen molar-refractivity contribution in [1.29, 1.82) is 0 Å². The fraction of sp³-hybridized carbons (Fsp3) is 0.350. The summed E-state index contributed by atoms with van der Waals surface area (Å²) in [6.45, 7) is 19.4. The molecule has 5 fully saturated rings. The Labute approximate surface area is 889 Å². The van der Waals surface area contributed by atoms with Crippen molar-refractivity contribution in [1.82, 2.24) is 24.5 Å². The maximum absolute atomic E-state index is 13.4. The second kappa shape index (κ2) is 49.6. The summed E-state index contributed by atoms with van der Waals surface area (Å²) in [7, 11) is 0. The van der Waals surface area contributed by atoms with E-state index in [0.29, 0.717) is 95.2 Å². The molecule has 0 aliphatic carbocycles. The number of alkyl halides is 2. The molecule has 5 heterocycles. The number of cyclic esters (lactones) is 5. The number of amides is 6. The number of halogens is 8. The maximum Gasteiger partial charge on any atom is 0.411 e. The molecule has 0 unspecified atom stereocenters. The van der Waals surface area contributed by atoms with Crippen molar-refractivity contribution >= 4 is 68.2 Å². The number of rotatable bonds is 30. The Kier molecular flexibility index (Phi) is 37.6. The summed E-state index contributed by atoms with van der Waals surface area (Å²) in [6, 6.07) is 90.1. The van der Waals surface area contributed by atoms with Crippen LogP contribution in [0.5, 0.6) is 5.75 Å². The SMILES string of the molecule is C[C@@H](c1ccc(-c2ccc(F)cc2)cc1)N1CC[C@](CC(C)(C)O)(c2ccccc2)OC1=O.C[C@@H](c1ccc(-c2ccc(F)cc2)cc1)N1CC[C@](CCC(N)=O)(c2ccccc2)OC1=O.C[C@@H](c1ccc(Br)cc1)N1CC[C@](CC(C)(C)O)(c2ccc(F)cc2)OC1=O.C[C@@H](c1ccc(Br)cc1)N1CC[C@](CC(C)(C)O)(c2ccccc2)OC1=O.C[C@@H](c1ccc(OC(F)F)cc1)N1CC[C@](CCO)(c2ccc(F)cc2)OC1=O. The topological polar surface area (TPSA) is 281 Å². The van der Waals surface area contributed by atoms with Gasteiger partial charge in [0, 0.05) is 119 Å². The van der Waals surface area contributed by atoms with E-state index in [2.05, 4.69) is 36.6 Å². The molecule has 792 valence electrons. The summed E-state index contributed by atoms with van der Waals surface area (Å²) in [6.07, 6.45) is 2.19. The number of ether oxygens (including phenoxy) is 6. The Balaban J connectivity index is 0.000000157. The number of carbonyl (C=O) groups excluding carboxylic acids is 6. The Bertz CT molecular complexity index is 6470. The van der Waals surface area contributed by atoms with Crippen molar-refractivity contribution in [2.75, 3.05) is 39.3 Å². The lowest BCUT2D eigenvalue weighted by molar-refractivity contribution is -0.121. The second-order valence-electron chi connectivity index (χ2n) is 40.7. The largest absolute Gasteiger partial charge is 0.438 e. The van der Waals surface area contributed by atoms with E-state index in [1.54, 1.807) is 129 Å². The number of benzene rings is 12. The summed E-state index contributed by atoms with van der Waals surface area (Å²) in [5.74, 6) is -1.66. The average Bonchev–Trinajstić information content (AvgIpc) is 0.777. The number of primary amides is 1. The number of nitrogens with two attached hydrogens (primary N) is 1. The maximum atomic E-state index is 13.4. The molecule has 5 aliphatic rings. The van der Waals surface area contributed by atoms with Crippen molar-refractivity contribution in [2.24, 2.45) is 5.73 Å². The standard InChI is InChI=1S/C28H30FNO3.C27H27FN2O3.C22H25BrFNO3.C22H26BrNO3.C21H22F3NO4/c1-20(21-9-11-22(12-10-21)23-13-15-25(29)16-14-23)30-18-17-28(33-26(30)31,19-27(2,3)32)24-7-5-4-6-8-24;1-19(20-7-9-21(10-8-20)22-11-13-24(28)14-12-22)30-18-17-27(33-26(30)32,16-15-25(29)31)23-5-3-2-4-6-23;1-15(16-4-8-18(23)9-5-16)25-13-12-22(28-20(25)26,14-21(2,3)27)17-6-10-19(24)11-7-17;1-16(17-9-11-19(23)12-10-17)24-14-13-22(27-20(24)25,15-21(2,3)26)18-7-5-4-6-8-18;1-14(15-2-8-18(9-3-15)28-19(23)24)25-12-10-21(11-13-26,29-20(25)27)16-4-6-17(22)7-5-16/h4-16,20,32H,17-19H2,1-3H3;2-14,19H,15-18H2,1H3,(H2,29,31);4-11,15,27H,12-14H2,1-3H3;4-12,16,26H,13-15H2,1-3H3;2-9,14,19,26H,10-13H2,1H3/t20-,28-;19-,27+;15-,22-;16-,22-;14-,21-/m00000/s1. The summed E-state index contributed by atoms with van der Waals surface area (Å²) in [5.41, 5.74) is 10.5. The zero-order chi connectivity index (χ0) is 108. The molecule has 6 amide bonds. The molecule has 0 spiro atoms. The van der Waals surface area contributed by atoms with Crippen molar-refractivity contribution in [3.63, 3.8) is 0 Å². The van der Waals surface area contributed by atoms with Crippen LogP contribution in [0.3, 0.4) is 0 Å². The molecule has 5 saturated heterocycles. The van der Waals surface area contributed by atoms with Crippen LogP contribution in [0.1, 0.15) is 233 Å². The molecule has 0 bridgehead atoms. The molecule has 6 N–H and O–H groups in total. The van der Waals surface area contributed by atoms with Gasteiger partial charge >= 0.3 is 37.1 Å². The van der Waals surface area contributed by atoms with E-state index in [0.717, 1.165) is 75.7 Å². The van der Waals surface area contributed by atoms with Crippen LogP contribution in [0, 0.1) is 23.3 Å². The number of hydrogen-bond acceptors (Lipinski definition) is 16. The van der Waals surface area contributed by atoms with Gasteiger partial charge in [-0.1, -0.05) is 256 Å². The lowest BCUT2D eigenvalue weighted by atomic mass is 9.80. The molecular weight excluding hydrogens is 2060 g/mol. The number of nitrogens with zero attached hydrogens (tertiary/aromatic N) is 5. The van der Waals surface area contributed by atoms with E-state index < -0.39 is 81.4 Å².